The summed E-state index contributed by atoms with van der Waals surface area (Å²) in [5.74, 6) is -1.50. The van der Waals surface area contributed by atoms with Crippen LogP contribution in [0.15, 0.2) is 52.8 Å². The van der Waals surface area contributed by atoms with Gasteiger partial charge in [0.15, 0.2) is 5.82 Å². The molecule has 0 aliphatic heterocycles. The standard InChI is InChI=1S/C17H14N4O4/c1-10-16(21-9-12(17(24)25)4-7-14(21)18-10)20-19-13-5-2-11(3-6-13)8-15(22)23/h2-7,9H,8H2,1H3,(H,22,23)(H,24,25). The number of imidazole rings is 1. The molecular weight excluding hydrogens is 324 g/mol. The predicted molar refractivity (Wildman–Crippen MR) is 88.8 cm³/mol. The Morgan fingerprint density at radius 2 is 1.80 bits per heavy atom. The minimum atomic E-state index is -1.04. The largest absolute Gasteiger partial charge is 0.481 e. The molecule has 2 heterocycles. The minimum Gasteiger partial charge on any atom is -0.481 e. The van der Waals surface area contributed by atoms with Crippen LogP contribution >= 0.6 is 0 Å². The average Bonchev–Trinajstić information content (AvgIpc) is 2.88. The van der Waals surface area contributed by atoms with Crippen molar-refractivity contribution < 1.29 is 19.8 Å². The minimum absolute atomic E-state index is 0.0538. The number of azo groups is 1. The molecule has 1 aromatic carbocycles. The van der Waals surface area contributed by atoms with E-state index in [1.54, 1.807) is 41.7 Å². The number of fused-ring (bicyclic) bond motifs is 1. The third-order valence-corrected chi connectivity index (χ3v) is 3.56. The summed E-state index contributed by atoms with van der Waals surface area (Å²) in [6.45, 7) is 1.76. The number of nitrogens with zero attached hydrogens (tertiary/aromatic N) is 4. The van der Waals surface area contributed by atoms with Gasteiger partial charge in [0, 0.05) is 6.20 Å². The molecule has 0 aliphatic carbocycles. The summed E-state index contributed by atoms with van der Waals surface area (Å²) in [5, 5.41) is 26.2. The molecule has 0 unspecified atom stereocenters. The van der Waals surface area contributed by atoms with Crippen LogP contribution in [-0.4, -0.2) is 31.5 Å². The Labute approximate surface area is 142 Å². The van der Waals surface area contributed by atoms with E-state index in [0.717, 1.165) is 0 Å². The summed E-state index contributed by atoms with van der Waals surface area (Å²) >= 11 is 0. The molecule has 0 atom stereocenters. The molecule has 2 N–H and O–H groups in total. The molecule has 8 heteroatoms. The average molecular weight is 338 g/mol. The van der Waals surface area contributed by atoms with Crippen molar-refractivity contribution in [1.82, 2.24) is 9.38 Å². The van der Waals surface area contributed by atoms with Crippen LogP contribution in [0, 0.1) is 6.92 Å². The van der Waals surface area contributed by atoms with Gasteiger partial charge in [-0.3, -0.25) is 9.20 Å². The Kier molecular flexibility index (Phi) is 4.25. The van der Waals surface area contributed by atoms with Gasteiger partial charge in [0.1, 0.15) is 5.65 Å². The van der Waals surface area contributed by atoms with Crippen LogP contribution in [-0.2, 0) is 11.2 Å². The monoisotopic (exact) mass is 338 g/mol. The van der Waals surface area contributed by atoms with E-state index in [1.807, 2.05) is 0 Å². The van der Waals surface area contributed by atoms with E-state index >= 15 is 0 Å². The number of aromatic nitrogens is 2. The number of carboxylic acids is 2. The van der Waals surface area contributed by atoms with Crippen LogP contribution in [0.5, 0.6) is 0 Å². The maximum Gasteiger partial charge on any atom is 0.337 e. The molecule has 0 saturated heterocycles. The topological polar surface area (TPSA) is 117 Å². The molecule has 2 aromatic heterocycles. The maximum atomic E-state index is 11.1. The van der Waals surface area contributed by atoms with Crippen molar-refractivity contribution >= 4 is 29.1 Å². The number of hydrogen-bond donors (Lipinski definition) is 2. The number of aliphatic carboxylic acids is 1. The van der Waals surface area contributed by atoms with Gasteiger partial charge in [-0.05, 0) is 36.8 Å². The lowest BCUT2D eigenvalue weighted by molar-refractivity contribution is -0.136. The van der Waals surface area contributed by atoms with Gasteiger partial charge >= 0.3 is 11.9 Å². The van der Waals surface area contributed by atoms with Gasteiger partial charge in [0.05, 0.1) is 23.4 Å². The van der Waals surface area contributed by atoms with E-state index in [2.05, 4.69) is 15.2 Å². The summed E-state index contributed by atoms with van der Waals surface area (Å²) in [6.07, 6.45) is 1.39. The second-order valence-electron chi connectivity index (χ2n) is 5.41. The first kappa shape index (κ1) is 16.3. The van der Waals surface area contributed by atoms with Gasteiger partial charge in [-0.15, -0.1) is 10.2 Å². The van der Waals surface area contributed by atoms with E-state index in [0.29, 0.717) is 28.4 Å². The fourth-order valence-electron chi connectivity index (χ4n) is 2.36. The molecule has 25 heavy (non-hydrogen) atoms. The number of carbonyl (C=O) groups is 2. The predicted octanol–water partition coefficient (Wildman–Crippen LogP) is 3.38. The summed E-state index contributed by atoms with van der Waals surface area (Å²) in [5.41, 5.74) is 2.54. The van der Waals surface area contributed by atoms with Gasteiger partial charge in [0.2, 0.25) is 0 Å². The molecule has 8 nitrogen and oxygen atoms in total. The van der Waals surface area contributed by atoms with Gasteiger partial charge in [-0.2, -0.15) is 0 Å². The molecule has 0 amide bonds. The van der Waals surface area contributed by atoms with Crippen molar-refractivity contribution in [1.29, 1.82) is 0 Å². The van der Waals surface area contributed by atoms with Gasteiger partial charge in [-0.25, -0.2) is 9.78 Å². The normalized spacial score (nSPS) is 11.2. The number of benzene rings is 1. The van der Waals surface area contributed by atoms with Gasteiger partial charge in [-0.1, -0.05) is 12.1 Å². The van der Waals surface area contributed by atoms with Crippen LogP contribution in [0.2, 0.25) is 0 Å². The second kappa shape index (κ2) is 6.52. The fourth-order valence-corrected chi connectivity index (χ4v) is 2.36. The first-order chi connectivity index (χ1) is 11.9. The molecule has 0 aliphatic rings. The summed E-state index contributed by atoms with van der Waals surface area (Å²) in [6, 6.07) is 9.77. The molecular formula is C17H14N4O4. The Bertz CT molecular complexity index is 990. The van der Waals surface area contributed by atoms with E-state index in [1.165, 1.54) is 12.3 Å². The van der Waals surface area contributed by atoms with Crippen molar-refractivity contribution in [3.05, 3.63) is 59.4 Å². The fraction of sp³-hybridized carbons (Fsp3) is 0.118. The van der Waals surface area contributed by atoms with Crippen LogP contribution in [0.25, 0.3) is 5.65 Å². The zero-order chi connectivity index (χ0) is 18.0. The first-order valence-electron chi connectivity index (χ1n) is 7.38. The summed E-state index contributed by atoms with van der Waals surface area (Å²) < 4.78 is 1.57. The molecule has 0 saturated carbocycles. The van der Waals surface area contributed by atoms with Gasteiger partial charge in [0.25, 0.3) is 0 Å². The Morgan fingerprint density at radius 3 is 2.44 bits per heavy atom. The lowest BCUT2D eigenvalue weighted by Crippen LogP contribution is -1.99. The quantitative estimate of drug-likeness (QED) is 0.692. The number of aryl methyl sites for hydroxylation is 1. The highest BCUT2D eigenvalue weighted by atomic mass is 16.4. The number of hydrogen-bond acceptors (Lipinski definition) is 5. The van der Waals surface area contributed by atoms with Crippen LogP contribution < -0.4 is 0 Å². The zero-order valence-electron chi connectivity index (χ0n) is 13.2. The highest BCUT2D eigenvalue weighted by Crippen LogP contribution is 2.24. The first-order valence-corrected chi connectivity index (χ1v) is 7.38. The molecule has 0 bridgehead atoms. The number of aromatic carboxylic acids is 1. The Balaban J connectivity index is 1.92. The van der Waals surface area contributed by atoms with E-state index in [4.69, 9.17) is 10.2 Å². The number of rotatable bonds is 5. The molecule has 126 valence electrons. The molecule has 0 spiro atoms. The van der Waals surface area contributed by atoms with E-state index in [-0.39, 0.29) is 12.0 Å². The SMILES string of the molecule is Cc1nc2ccc(C(=O)O)cn2c1N=Nc1ccc(CC(=O)O)cc1. The van der Waals surface area contributed by atoms with Crippen molar-refractivity contribution in [2.24, 2.45) is 10.2 Å². The number of carboxylic acid groups (broad SMARTS) is 2. The van der Waals surface area contributed by atoms with Crippen LogP contribution in [0.1, 0.15) is 21.6 Å². The highest BCUT2D eigenvalue weighted by Gasteiger charge is 2.11. The van der Waals surface area contributed by atoms with Crippen LogP contribution in [0.3, 0.4) is 0 Å². The Hall–Kier alpha value is -3.55. The highest BCUT2D eigenvalue weighted by molar-refractivity contribution is 5.87. The number of pyridine rings is 1. The smallest absolute Gasteiger partial charge is 0.337 e. The summed E-state index contributed by atoms with van der Waals surface area (Å²) in [4.78, 5) is 26.1. The van der Waals surface area contributed by atoms with Gasteiger partial charge < -0.3 is 10.2 Å². The third-order valence-electron chi connectivity index (χ3n) is 3.56. The zero-order valence-corrected chi connectivity index (χ0v) is 13.2. The molecule has 0 fully saturated rings. The van der Waals surface area contributed by atoms with Crippen molar-refractivity contribution in [3.63, 3.8) is 0 Å². The summed E-state index contributed by atoms with van der Waals surface area (Å²) in [7, 11) is 0. The lowest BCUT2D eigenvalue weighted by atomic mass is 10.1. The van der Waals surface area contributed by atoms with Crippen LogP contribution in [0.4, 0.5) is 11.5 Å². The molecule has 0 radical (unpaired) electrons. The maximum absolute atomic E-state index is 11.1. The van der Waals surface area contributed by atoms with Crippen molar-refractivity contribution in [3.8, 4) is 0 Å². The van der Waals surface area contributed by atoms with E-state index < -0.39 is 11.9 Å². The Morgan fingerprint density at radius 1 is 1.08 bits per heavy atom. The van der Waals surface area contributed by atoms with E-state index in [9.17, 15) is 9.59 Å². The van der Waals surface area contributed by atoms with Crippen molar-refractivity contribution in [2.45, 2.75) is 13.3 Å². The van der Waals surface area contributed by atoms with Crippen molar-refractivity contribution in [2.75, 3.05) is 0 Å². The third kappa shape index (κ3) is 3.52. The lowest BCUT2D eigenvalue weighted by Gasteiger charge is -2.00. The molecule has 3 rings (SSSR count). The second-order valence-corrected chi connectivity index (χ2v) is 5.41. The molecule has 3 aromatic rings.